The van der Waals surface area contributed by atoms with Crippen molar-refractivity contribution in [1.82, 2.24) is 4.90 Å². The molecule has 0 bridgehead atoms. The van der Waals surface area contributed by atoms with E-state index in [-0.39, 0.29) is 4.90 Å². The second-order valence-electron chi connectivity index (χ2n) is 4.58. The van der Waals surface area contributed by atoms with Gasteiger partial charge in [-0.05, 0) is 54.1 Å². The van der Waals surface area contributed by atoms with Crippen LogP contribution in [0.25, 0.3) is 0 Å². The average molecular weight is 334 g/mol. The molecule has 100 valence electrons. The molecule has 0 aliphatic carbocycles. The number of primary sulfonamides is 1. The number of benzene rings is 1. The SMILES string of the molecule is CN1CCC(Nc2ccc(S(N)(=O)=O)cc2Br)C1. The first-order valence-electron chi connectivity index (χ1n) is 5.64. The molecule has 0 amide bonds. The van der Waals surface area contributed by atoms with E-state index in [0.717, 1.165) is 25.2 Å². The first-order valence-corrected chi connectivity index (χ1v) is 7.97. The summed E-state index contributed by atoms with van der Waals surface area (Å²) < 4.78 is 23.1. The summed E-state index contributed by atoms with van der Waals surface area (Å²) >= 11 is 3.37. The molecule has 1 aromatic carbocycles. The van der Waals surface area contributed by atoms with Gasteiger partial charge < -0.3 is 10.2 Å². The molecule has 18 heavy (non-hydrogen) atoms. The summed E-state index contributed by atoms with van der Waals surface area (Å²) in [7, 11) is -1.56. The Morgan fingerprint density at radius 2 is 2.22 bits per heavy atom. The van der Waals surface area contributed by atoms with Gasteiger partial charge in [0.05, 0.1) is 4.90 Å². The lowest BCUT2D eigenvalue weighted by Gasteiger charge is -2.16. The van der Waals surface area contributed by atoms with Crippen LogP contribution in [0.4, 0.5) is 5.69 Å². The predicted octanol–water partition coefficient (Wildman–Crippen LogP) is 1.21. The third kappa shape index (κ3) is 3.23. The number of likely N-dealkylation sites (N-methyl/N-ethyl adjacent to an activating group) is 1. The zero-order valence-corrected chi connectivity index (χ0v) is 12.5. The van der Waals surface area contributed by atoms with Crippen LogP contribution >= 0.6 is 15.9 Å². The number of nitrogens with two attached hydrogens (primary N) is 1. The van der Waals surface area contributed by atoms with Gasteiger partial charge in [-0.25, -0.2) is 13.6 Å². The van der Waals surface area contributed by atoms with Crippen molar-refractivity contribution < 1.29 is 8.42 Å². The van der Waals surface area contributed by atoms with Gasteiger partial charge in [-0.1, -0.05) is 0 Å². The minimum absolute atomic E-state index is 0.114. The van der Waals surface area contributed by atoms with Crippen molar-refractivity contribution in [1.29, 1.82) is 0 Å². The van der Waals surface area contributed by atoms with Gasteiger partial charge >= 0.3 is 0 Å². The number of nitrogens with zero attached hydrogens (tertiary/aromatic N) is 1. The van der Waals surface area contributed by atoms with E-state index >= 15 is 0 Å². The Kier molecular flexibility index (Phi) is 3.96. The monoisotopic (exact) mass is 333 g/mol. The molecule has 0 radical (unpaired) electrons. The Balaban J connectivity index is 2.15. The third-order valence-corrected chi connectivity index (χ3v) is 4.59. The number of hydrogen-bond donors (Lipinski definition) is 2. The summed E-state index contributed by atoms with van der Waals surface area (Å²) in [5.74, 6) is 0. The van der Waals surface area contributed by atoms with E-state index in [1.807, 2.05) is 0 Å². The van der Waals surface area contributed by atoms with E-state index in [1.165, 1.54) is 12.1 Å². The molecule has 0 aromatic heterocycles. The molecular weight excluding hydrogens is 318 g/mol. The molecule has 1 aromatic rings. The number of halogens is 1. The highest BCUT2D eigenvalue weighted by Gasteiger charge is 2.20. The van der Waals surface area contributed by atoms with Crippen molar-refractivity contribution in [3.8, 4) is 0 Å². The van der Waals surface area contributed by atoms with Gasteiger partial charge in [0, 0.05) is 22.7 Å². The summed E-state index contributed by atoms with van der Waals surface area (Å²) in [6.07, 6.45) is 1.08. The Hall–Kier alpha value is -0.630. The van der Waals surface area contributed by atoms with E-state index in [9.17, 15) is 8.42 Å². The van der Waals surface area contributed by atoms with Gasteiger partial charge in [0.2, 0.25) is 10.0 Å². The highest BCUT2D eigenvalue weighted by molar-refractivity contribution is 9.10. The normalized spacial score (nSPS) is 21.2. The summed E-state index contributed by atoms with van der Waals surface area (Å²) in [5.41, 5.74) is 0.891. The van der Waals surface area contributed by atoms with E-state index in [2.05, 4.69) is 33.2 Å². The Morgan fingerprint density at radius 1 is 1.50 bits per heavy atom. The molecule has 1 heterocycles. The standard InChI is InChI=1S/C11H16BrN3O2S/c1-15-5-4-8(7-15)14-11-3-2-9(6-10(11)12)18(13,16)17/h2-3,6,8,14H,4-5,7H2,1H3,(H2,13,16,17). The van der Waals surface area contributed by atoms with E-state index in [1.54, 1.807) is 6.07 Å². The van der Waals surface area contributed by atoms with Crippen LogP contribution in [0, 0.1) is 0 Å². The lowest BCUT2D eigenvalue weighted by Crippen LogP contribution is -2.23. The Morgan fingerprint density at radius 3 is 2.72 bits per heavy atom. The quantitative estimate of drug-likeness (QED) is 0.871. The van der Waals surface area contributed by atoms with Crippen LogP contribution in [0.5, 0.6) is 0 Å². The average Bonchev–Trinajstić information content (AvgIpc) is 2.65. The van der Waals surface area contributed by atoms with Crippen molar-refractivity contribution in [3.63, 3.8) is 0 Å². The zero-order chi connectivity index (χ0) is 13.3. The maximum absolute atomic E-state index is 11.2. The van der Waals surface area contributed by atoms with Crippen LogP contribution in [0.15, 0.2) is 27.6 Å². The third-order valence-electron chi connectivity index (χ3n) is 3.02. The molecule has 1 atom stereocenters. The van der Waals surface area contributed by atoms with Crippen molar-refractivity contribution in [2.75, 3.05) is 25.5 Å². The minimum atomic E-state index is -3.64. The number of sulfonamides is 1. The summed E-state index contributed by atoms with van der Waals surface area (Å²) in [6, 6.07) is 5.17. The number of anilines is 1. The highest BCUT2D eigenvalue weighted by Crippen LogP contribution is 2.27. The van der Waals surface area contributed by atoms with E-state index < -0.39 is 10.0 Å². The highest BCUT2D eigenvalue weighted by atomic mass is 79.9. The molecule has 5 nitrogen and oxygen atoms in total. The smallest absolute Gasteiger partial charge is 0.238 e. The maximum Gasteiger partial charge on any atom is 0.238 e. The largest absolute Gasteiger partial charge is 0.380 e. The molecule has 1 fully saturated rings. The van der Waals surface area contributed by atoms with Gasteiger partial charge in [0.1, 0.15) is 0 Å². The molecule has 3 N–H and O–H groups in total. The van der Waals surface area contributed by atoms with E-state index in [4.69, 9.17) is 5.14 Å². The van der Waals surface area contributed by atoms with Crippen LogP contribution < -0.4 is 10.5 Å². The predicted molar refractivity (Wildman–Crippen MR) is 75.0 cm³/mol. The zero-order valence-electron chi connectivity index (χ0n) is 10.1. The number of likely N-dealkylation sites (tertiary alicyclic amines) is 1. The lowest BCUT2D eigenvalue weighted by molar-refractivity contribution is 0.414. The first kappa shape index (κ1) is 13.8. The molecule has 1 saturated heterocycles. The number of rotatable bonds is 3. The number of nitrogens with one attached hydrogen (secondary N) is 1. The topological polar surface area (TPSA) is 75.4 Å². The molecule has 7 heteroatoms. The van der Waals surface area contributed by atoms with Crippen LogP contribution in [-0.2, 0) is 10.0 Å². The Bertz CT molecular complexity index is 547. The van der Waals surface area contributed by atoms with Gasteiger partial charge in [-0.3, -0.25) is 0 Å². The number of hydrogen-bond acceptors (Lipinski definition) is 4. The second-order valence-corrected chi connectivity index (χ2v) is 6.99. The van der Waals surface area contributed by atoms with Crippen molar-refractivity contribution in [3.05, 3.63) is 22.7 Å². The van der Waals surface area contributed by atoms with Gasteiger partial charge in [0.25, 0.3) is 0 Å². The second kappa shape index (κ2) is 5.16. The summed E-state index contributed by atoms with van der Waals surface area (Å²) in [5, 5.41) is 8.48. The van der Waals surface area contributed by atoms with Gasteiger partial charge in [-0.15, -0.1) is 0 Å². The molecule has 0 spiro atoms. The molecule has 1 unspecified atom stereocenters. The molecule has 2 rings (SSSR count). The van der Waals surface area contributed by atoms with Crippen molar-refractivity contribution >= 4 is 31.6 Å². The van der Waals surface area contributed by atoms with Crippen molar-refractivity contribution in [2.24, 2.45) is 5.14 Å². The van der Waals surface area contributed by atoms with Gasteiger partial charge in [-0.2, -0.15) is 0 Å². The van der Waals surface area contributed by atoms with Crippen LogP contribution in [0.1, 0.15) is 6.42 Å². The molecule has 0 saturated carbocycles. The first-order chi connectivity index (χ1) is 8.36. The molecule has 1 aliphatic rings. The molecule has 1 aliphatic heterocycles. The summed E-state index contributed by atoms with van der Waals surface area (Å²) in [6.45, 7) is 2.06. The van der Waals surface area contributed by atoms with Gasteiger partial charge in [0.15, 0.2) is 0 Å². The fraction of sp³-hybridized carbons (Fsp3) is 0.455. The van der Waals surface area contributed by atoms with Crippen molar-refractivity contribution in [2.45, 2.75) is 17.4 Å². The Labute approximate surface area is 116 Å². The summed E-state index contributed by atoms with van der Waals surface area (Å²) in [4.78, 5) is 2.37. The van der Waals surface area contributed by atoms with Crippen LogP contribution in [0.2, 0.25) is 0 Å². The minimum Gasteiger partial charge on any atom is -0.380 e. The maximum atomic E-state index is 11.2. The fourth-order valence-corrected chi connectivity index (χ4v) is 3.25. The van der Waals surface area contributed by atoms with Crippen LogP contribution in [0.3, 0.4) is 0 Å². The fourth-order valence-electron chi connectivity index (χ4n) is 2.06. The molecular formula is C11H16BrN3O2S. The van der Waals surface area contributed by atoms with Crippen LogP contribution in [-0.4, -0.2) is 39.5 Å². The van der Waals surface area contributed by atoms with E-state index in [0.29, 0.717) is 10.5 Å². The lowest BCUT2D eigenvalue weighted by atomic mass is 10.2.